The minimum atomic E-state index is 0.356. The van der Waals surface area contributed by atoms with Gasteiger partial charge in [-0.1, -0.05) is 0 Å². The second-order valence-electron chi connectivity index (χ2n) is 5.69. The summed E-state index contributed by atoms with van der Waals surface area (Å²) in [5, 5.41) is 5.99. The topological polar surface area (TPSA) is 43.4 Å². The van der Waals surface area contributed by atoms with Gasteiger partial charge in [-0.05, 0) is 42.3 Å². The minimum Gasteiger partial charge on any atom is -0.486 e. The minimum absolute atomic E-state index is 0.356. The number of anilines is 1. The molecule has 110 valence electrons. The third-order valence-electron chi connectivity index (χ3n) is 4.16. The Bertz CT molecular complexity index is 671. The van der Waals surface area contributed by atoms with Crippen LogP contribution in [0.2, 0.25) is 0 Å². The van der Waals surface area contributed by atoms with Gasteiger partial charge in [0, 0.05) is 23.5 Å². The first-order valence-corrected chi connectivity index (χ1v) is 7.79. The van der Waals surface area contributed by atoms with Crippen LogP contribution in [0.1, 0.15) is 12.8 Å². The predicted octanol–water partition coefficient (Wildman–Crippen LogP) is 3.44. The third kappa shape index (κ3) is 2.48. The van der Waals surface area contributed by atoms with Crippen molar-refractivity contribution < 1.29 is 9.47 Å². The summed E-state index contributed by atoms with van der Waals surface area (Å²) in [4.78, 5) is 4.46. The number of aromatic nitrogens is 1. The molecule has 1 N–H and O–H groups in total. The van der Waals surface area contributed by atoms with E-state index in [0.717, 1.165) is 47.5 Å². The highest BCUT2D eigenvalue weighted by molar-refractivity contribution is 6.21. The molecule has 0 unspecified atom stereocenters. The van der Waals surface area contributed by atoms with E-state index in [9.17, 15) is 0 Å². The van der Waals surface area contributed by atoms with Gasteiger partial charge in [-0.3, -0.25) is 0 Å². The van der Waals surface area contributed by atoms with Gasteiger partial charge in [0.15, 0.2) is 11.5 Å². The van der Waals surface area contributed by atoms with Crippen molar-refractivity contribution in [3.05, 3.63) is 24.4 Å². The van der Waals surface area contributed by atoms with E-state index in [-0.39, 0.29) is 0 Å². The second kappa shape index (κ2) is 5.26. The molecule has 0 radical (unpaired) electrons. The molecule has 0 atom stereocenters. The molecule has 0 bridgehead atoms. The van der Waals surface area contributed by atoms with Gasteiger partial charge >= 0.3 is 0 Å². The maximum absolute atomic E-state index is 6.03. The van der Waals surface area contributed by atoms with Crippen LogP contribution in [0.25, 0.3) is 10.8 Å². The van der Waals surface area contributed by atoms with Crippen molar-refractivity contribution in [1.29, 1.82) is 0 Å². The third-order valence-corrected chi connectivity index (χ3v) is 4.52. The van der Waals surface area contributed by atoms with Crippen LogP contribution < -0.4 is 14.8 Å². The first kappa shape index (κ1) is 13.0. The molecule has 2 aromatic rings. The zero-order valence-electron chi connectivity index (χ0n) is 11.6. The normalized spacial score (nSPS) is 23.7. The van der Waals surface area contributed by atoms with E-state index in [1.54, 1.807) is 0 Å². The molecule has 2 aliphatic rings. The Balaban J connectivity index is 1.62. The maximum atomic E-state index is 6.03. The molecule has 1 aliphatic carbocycles. The number of nitrogens with one attached hydrogen (secondary N) is 1. The molecule has 4 rings (SSSR count). The largest absolute Gasteiger partial charge is 0.486 e. The van der Waals surface area contributed by atoms with E-state index in [2.05, 4.69) is 10.3 Å². The number of benzene rings is 1. The number of rotatable bonds is 3. The average Bonchev–Trinajstić information content (AvgIpc) is 2.48. The summed E-state index contributed by atoms with van der Waals surface area (Å²) in [5.41, 5.74) is 0. The smallest absolute Gasteiger partial charge is 0.162 e. The first-order chi connectivity index (χ1) is 10.3. The van der Waals surface area contributed by atoms with E-state index < -0.39 is 0 Å². The zero-order chi connectivity index (χ0) is 14.2. The number of nitrogens with zero attached hydrogens (tertiary/aromatic N) is 1. The zero-order valence-corrected chi connectivity index (χ0v) is 12.4. The van der Waals surface area contributed by atoms with Gasteiger partial charge in [-0.2, -0.15) is 0 Å². The molecule has 0 amide bonds. The van der Waals surface area contributed by atoms with Crippen molar-refractivity contribution in [2.45, 2.75) is 18.2 Å². The molecule has 1 aromatic heterocycles. The van der Waals surface area contributed by atoms with Crippen LogP contribution in [0.3, 0.4) is 0 Å². The van der Waals surface area contributed by atoms with E-state index in [1.807, 2.05) is 24.4 Å². The van der Waals surface area contributed by atoms with Crippen molar-refractivity contribution in [3.63, 3.8) is 0 Å². The van der Waals surface area contributed by atoms with Crippen LogP contribution in [0, 0.1) is 5.92 Å². The number of ether oxygens (including phenoxy) is 2. The van der Waals surface area contributed by atoms with Gasteiger partial charge in [-0.15, -0.1) is 11.6 Å². The maximum Gasteiger partial charge on any atom is 0.162 e. The SMILES string of the molecule is ClC1CC(CNc2nccc3cc4c(cc23)OCCO4)C1. The van der Waals surface area contributed by atoms with Crippen molar-refractivity contribution in [2.75, 3.05) is 25.1 Å². The summed E-state index contributed by atoms with van der Waals surface area (Å²) in [6.07, 6.45) is 4.00. The molecule has 4 nitrogen and oxygen atoms in total. The van der Waals surface area contributed by atoms with Crippen molar-refractivity contribution in [1.82, 2.24) is 4.98 Å². The molecule has 1 aromatic carbocycles. The molecule has 1 saturated carbocycles. The lowest BCUT2D eigenvalue weighted by molar-refractivity contribution is 0.172. The molecule has 0 spiro atoms. The second-order valence-corrected chi connectivity index (χ2v) is 6.31. The summed E-state index contributed by atoms with van der Waals surface area (Å²) in [6.45, 7) is 2.13. The molecule has 5 heteroatoms. The van der Waals surface area contributed by atoms with Crippen molar-refractivity contribution in [2.24, 2.45) is 5.92 Å². The van der Waals surface area contributed by atoms with Gasteiger partial charge in [-0.25, -0.2) is 4.98 Å². The van der Waals surface area contributed by atoms with Crippen LogP contribution in [0.4, 0.5) is 5.82 Å². The average molecular weight is 305 g/mol. The highest BCUT2D eigenvalue weighted by Crippen LogP contribution is 2.37. The standard InChI is InChI=1S/C16H17ClN2O2/c17-12-5-10(6-12)9-19-16-13-8-15-14(20-3-4-21-15)7-11(13)1-2-18-16/h1-2,7-8,10,12H,3-6,9H2,(H,18,19). The lowest BCUT2D eigenvalue weighted by atomic mass is 9.85. The lowest BCUT2D eigenvalue weighted by Gasteiger charge is -2.31. The fourth-order valence-electron chi connectivity index (χ4n) is 2.91. The first-order valence-electron chi connectivity index (χ1n) is 7.36. The molecule has 2 heterocycles. The fourth-order valence-corrected chi connectivity index (χ4v) is 3.42. The number of pyridine rings is 1. The highest BCUT2D eigenvalue weighted by Gasteiger charge is 2.27. The number of halogens is 1. The van der Waals surface area contributed by atoms with Crippen LogP contribution in [-0.2, 0) is 0 Å². The number of hydrogen-bond acceptors (Lipinski definition) is 4. The predicted molar refractivity (Wildman–Crippen MR) is 83.6 cm³/mol. The summed E-state index contributed by atoms with van der Waals surface area (Å²) in [6, 6.07) is 6.04. The summed E-state index contributed by atoms with van der Waals surface area (Å²) < 4.78 is 11.3. The Kier molecular flexibility index (Phi) is 3.26. The van der Waals surface area contributed by atoms with Crippen LogP contribution in [-0.4, -0.2) is 30.1 Å². The highest BCUT2D eigenvalue weighted by atomic mass is 35.5. The quantitative estimate of drug-likeness (QED) is 0.882. The number of alkyl halides is 1. The van der Waals surface area contributed by atoms with E-state index in [4.69, 9.17) is 21.1 Å². The van der Waals surface area contributed by atoms with Gasteiger partial charge < -0.3 is 14.8 Å². The van der Waals surface area contributed by atoms with E-state index in [0.29, 0.717) is 24.5 Å². The molecule has 21 heavy (non-hydrogen) atoms. The van der Waals surface area contributed by atoms with Crippen LogP contribution in [0.5, 0.6) is 11.5 Å². The Labute approximate surface area is 128 Å². The molecular weight excluding hydrogens is 288 g/mol. The van der Waals surface area contributed by atoms with Crippen LogP contribution >= 0.6 is 11.6 Å². The molecule has 0 saturated heterocycles. The Morgan fingerprint density at radius 2 is 1.95 bits per heavy atom. The van der Waals surface area contributed by atoms with Gasteiger partial charge in [0.25, 0.3) is 0 Å². The van der Waals surface area contributed by atoms with Crippen molar-refractivity contribution >= 4 is 28.2 Å². The molecule has 1 fully saturated rings. The van der Waals surface area contributed by atoms with Crippen molar-refractivity contribution in [3.8, 4) is 11.5 Å². The molecule has 1 aliphatic heterocycles. The summed E-state index contributed by atoms with van der Waals surface area (Å²) in [7, 11) is 0. The van der Waals surface area contributed by atoms with E-state index in [1.165, 1.54) is 0 Å². The molecular formula is C16H17ClN2O2. The number of fused-ring (bicyclic) bond motifs is 2. The Morgan fingerprint density at radius 3 is 2.71 bits per heavy atom. The van der Waals surface area contributed by atoms with Gasteiger partial charge in [0.2, 0.25) is 0 Å². The van der Waals surface area contributed by atoms with E-state index >= 15 is 0 Å². The Morgan fingerprint density at radius 1 is 1.19 bits per heavy atom. The lowest BCUT2D eigenvalue weighted by Crippen LogP contribution is -2.30. The van der Waals surface area contributed by atoms with Gasteiger partial charge in [0.1, 0.15) is 19.0 Å². The number of hydrogen-bond donors (Lipinski definition) is 1. The summed E-state index contributed by atoms with van der Waals surface area (Å²) >= 11 is 6.03. The summed E-state index contributed by atoms with van der Waals surface area (Å²) in [5.74, 6) is 3.17. The monoisotopic (exact) mass is 304 g/mol. The van der Waals surface area contributed by atoms with Crippen LogP contribution in [0.15, 0.2) is 24.4 Å². The van der Waals surface area contributed by atoms with Gasteiger partial charge in [0.05, 0.1) is 0 Å². The Hall–Kier alpha value is -1.68. The fraction of sp³-hybridized carbons (Fsp3) is 0.438.